The highest BCUT2D eigenvalue weighted by Gasteiger charge is 2.36. The first-order valence-corrected chi connectivity index (χ1v) is 7.92. The highest BCUT2D eigenvalue weighted by Crippen LogP contribution is 2.35. The number of halogens is 6. The molecule has 1 aromatic carbocycles. The molecule has 0 aliphatic carbocycles. The minimum absolute atomic E-state index is 0.0292. The van der Waals surface area contributed by atoms with Gasteiger partial charge in [-0.15, -0.1) is 0 Å². The lowest BCUT2D eigenvalue weighted by Gasteiger charge is -2.29. The number of nitrogens with zero attached hydrogens (tertiary/aromatic N) is 5. The molecule has 1 heterocycles. The molecule has 0 aliphatic heterocycles. The maximum atomic E-state index is 13.1. The van der Waals surface area contributed by atoms with Crippen molar-refractivity contribution in [3.05, 3.63) is 47.8 Å². The van der Waals surface area contributed by atoms with Crippen molar-refractivity contribution in [1.29, 1.82) is 5.26 Å². The van der Waals surface area contributed by atoms with Crippen molar-refractivity contribution in [2.24, 2.45) is 0 Å². The van der Waals surface area contributed by atoms with Crippen molar-refractivity contribution in [3.63, 3.8) is 0 Å². The number of benzene rings is 1. The van der Waals surface area contributed by atoms with E-state index in [4.69, 9.17) is 5.26 Å². The van der Waals surface area contributed by atoms with Crippen LogP contribution in [0.15, 0.2) is 36.7 Å². The topological polar surface area (TPSA) is 56.0 Å². The molecule has 0 radical (unpaired) electrons. The number of nitriles is 1. The van der Waals surface area contributed by atoms with Crippen LogP contribution in [0.4, 0.5) is 38.0 Å². The van der Waals surface area contributed by atoms with Gasteiger partial charge in [-0.1, -0.05) is 0 Å². The Kier molecular flexibility index (Phi) is 6.33. The van der Waals surface area contributed by atoms with E-state index in [1.165, 1.54) is 23.4 Å². The molecule has 0 unspecified atom stereocenters. The number of alkyl halides is 6. The standard InChI is InChI=1S/C17H15F6N5/c1-27(15-25-5-2-6-26-15)7-8-28(11-16(18,19)20)13-4-3-12(10-24)14(9-13)17(21,22)23/h2-6,9H,7-8,11H2,1H3. The summed E-state index contributed by atoms with van der Waals surface area (Å²) in [6, 6.07) is 5.47. The maximum Gasteiger partial charge on any atom is 0.417 e. The third kappa shape index (κ3) is 5.73. The molecule has 1 aromatic heterocycles. The molecule has 0 N–H and O–H groups in total. The highest BCUT2D eigenvalue weighted by atomic mass is 19.4. The van der Waals surface area contributed by atoms with Crippen molar-refractivity contribution in [2.45, 2.75) is 12.4 Å². The molecule has 0 bridgehead atoms. The Bertz CT molecular complexity index is 829. The van der Waals surface area contributed by atoms with Crippen LogP contribution < -0.4 is 9.80 Å². The second-order valence-corrected chi connectivity index (χ2v) is 5.85. The molecule has 0 saturated carbocycles. The Labute approximate surface area is 156 Å². The normalized spacial score (nSPS) is 11.8. The fourth-order valence-corrected chi connectivity index (χ4v) is 2.44. The van der Waals surface area contributed by atoms with E-state index in [9.17, 15) is 26.3 Å². The summed E-state index contributed by atoms with van der Waals surface area (Å²) in [4.78, 5) is 10.2. The lowest BCUT2D eigenvalue weighted by atomic mass is 10.1. The second kappa shape index (κ2) is 8.33. The van der Waals surface area contributed by atoms with Crippen molar-refractivity contribution in [3.8, 4) is 6.07 Å². The monoisotopic (exact) mass is 403 g/mol. The zero-order valence-electron chi connectivity index (χ0n) is 14.6. The number of hydrogen-bond acceptors (Lipinski definition) is 5. The van der Waals surface area contributed by atoms with Gasteiger partial charge in [-0.3, -0.25) is 0 Å². The van der Waals surface area contributed by atoms with E-state index in [1.54, 1.807) is 13.1 Å². The number of hydrogen-bond donors (Lipinski definition) is 0. The van der Waals surface area contributed by atoms with E-state index in [0.29, 0.717) is 6.07 Å². The van der Waals surface area contributed by atoms with E-state index in [-0.39, 0.29) is 24.7 Å². The first kappa shape index (κ1) is 21.3. The first-order valence-electron chi connectivity index (χ1n) is 7.92. The number of likely N-dealkylation sites (N-methyl/N-ethyl adjacent to an activating group) is 1. The molecule has 28 heavy (non-hydrogen) atoms. The fourth-order valence-electron chi connectivity index (χ4n) is 2.44. The Morgan fingerprint density at radius 1 is 1.04 bits per heavy atom. The van der Waals surface area contributed by atoms with Crippen LogP contribution in [0.1, 0.15) is 11.1 Å². The quantitative estimate of drug-likeness (QED) is 0.686. The highest BCUT2D eigenvalue weighted by molar-refractivity contribution is 5.55. The average molecular weight is 403 g/mol. The summed E-state index contributed by atoms with van der Waals surface area (Å²) < 4.78 is 78.3. The van der Waals surface area contributed by atoms with Gasteiger partial charge >= 0.3 is 12.4 Å². The summed E-state index contributed by atoms with van der Waals surface area (Å²) >= 11 is 0. The van der Waals surface area contributed by atoms with Gasteiger partial charge < -0.3 is 9.80 Å². The summed E-state index contributed by atoms with van der Waals surface area (Å²) in [7, 11) is 1.56. The van der Waals surface area contributed by atoms with Crippen molar-refractivity contribution in [2.75, 3.05) is 36.5 Å². The van der Waals surface area contributed by atoms with Crippen LogP contribution in [0.2, 0.25) is 0 Å². The molecular weight excluding hydrogens is 388 g/mol. The van der Waals surface area contributed by atoms with Gasteiger partial charge in [0.15, 0.2) is 0 Å². The van der Waals surface area contributed by atoms with Crippen LogP contribution in [0, 0.1) is 11.3 Å². The Morgan fingerprint density at radius 2 is 1.68 bits per heavy atom. The minimum atomic E-state index is -4.86. The van der Waals surface area contributed by atoms with Gasteiger partial charge in [-0.2, -0.15) is 31.6 Å². The molecule has 0 aliphatic rings. The van der Waals surface area contributed by atoms with Crippen LogP contribution in [-0.4, -0.2) is 42.8 Å². The van der Waals surface area contributed by atoms with Crippen LogP contribution in [-0.2, 0) is 6.18 Å². The number of rotatable bonds is 6. The van der Waals surface area contributed by atoms with Crippen LogP contribution in [0.3, 0.4) is 0 Å². The molecule has 0 spiro atoms. The molecule has 150 valence electrons. The Morgan fingerprint density at radius 3 is 2.21 bits per heavy atom. The lowest BCUT2D eigenvalue weighted by molar-refractivity contribution is -0.137. The third-order valence-electron chi connectivity index (χ3n) is 3.76. The summed E-state index contributed by atoms with van der Waals surface area (Å²) in [5.74, 6) is 0.269. The predicted octanol–water partition coefficient (Wildman–Crippen LogP) is 3.87. The van der Waals surface area contributed by atoms with E-state index < -0.39 is 30.0 Å². The van der Waals surface area contributed by atoms with Crippen LogP contribution >= 0.6 is 0 Å². The first-order chi connectivity index (χ1) is 13.0. The summed E-state index contributed by atoms with van der Waals surface area (Å²) in [5, 5.41) is 8.84. The van der Waals surface area contributed by atoms with Crippen molar-refractivity contribution in [1.82, 2.24) is 9.97 Å². The van der Waals surface area contributed by atoms with E-state index in [1.807, 2.05) is 0 Å². The van der Waals surface area contributed by atoms with Crippen molar-refractivity contribution < 1.29 is 26.3 Å². The smallest absolute Gasteiger partial charge is 0.361 e. The summed E-state index contributed by atoms with van der Waals surface area (Å²) in [6.45, 7) is -1.65. The Hall–Kier alpha value is -3.03. The second-order valence-electron chi connectivity index (χ2n) is 5.85. The fraction of sp³-hybridized carbons (Fsp3) is 0.353. The zero-order valence-corrected chi connectivity index (χ0v) is 14.6. The van der Waals surface area contributed by atoms with E-state index >= 15 is 0 Å². The van der Waals surface area contributed by atoms with Gasteiger partial charge in [0, 0.05) is 38.2 Å². The molecule has 2 rings (SSSR count). The van der Waals surface area contributed by atoms with Crippen molar-refractivity contribution >= 4 is 11.6 Å². The molecule has 11 heteroatoms. The molecule has 0 fully saturated rings. The molecule has 0 saturated heterocycles. The zero-order chi connectivity index (χ0) is 20.9. The largest absolute Gasteiger partial charge is 0.417 e. The maximum absolute atomic E-state index is 13.1. The summed E-state index contributed by atoms with van der Waals surface area (Å²) in [5.41, 5.74) is -2.22. The molecule has 0 amide bonds. The number of anilines is 2. The molecular formula is C17H15F6N5. The van der Waals surface area contributed by atoms with Gasteiger partial charge in [0.2, 0.25) is 5.95 Å². The summed E-state index contributed by atoms with van der Waals surface area (Å²) in [6.07, 6.45) is -6.57. The van der Waals surface area contributed by atoms with Gasteiger partial charge in [0.25, 0.3) is 0 Å². The third-order valence-corrected chi connectivity index (χ3v) is 3.76. The van der Waals surface area contributed by atoms with Crippen LogP contribution in [0.25, 0.3) is 0 Å². The van der Waals surface area contributed by atoms with Crippen LogP contribution in [0.5, 0.6) is 0 Å². The lowest BCUT2D eigenvalue weighted by Crippen LogP contribution is -2.39. The Balaban J connectivity index is 2.29. The molecule has 5 nitrogen and oxygen atoms in total. The number of aromatic nitrogens is 2. The van der Waals surface area contributed by atoms with E-state index in [2.05, 4.69) is 9.97 Å². The van der Waals surface area contributed by atoms with Gasteiger partial charge in [-0.05, 0) is 24.3 Å². The SMILES string of the molecule is CN(CCN(CC(F)(F)F)c1ccc(C#N)c(C(F)(F)F)c1)c1ncccn1. The minimum Gasteiger partial charge on any atom is -0.361 e. The van der Waals surface area contributed by atoms with E-state index in [0.717, 1.165) is 17.0 Å². The van der Waals surface area contributed by atoms with Gasteiger partial charge in [0.05, 0.1) is 17.2 Å². The molecule has 2 aromatic rings. The van der Waals surface area contributed by atoms with Gasteiger partial charge in [-0.25, -0.2) is 9.97 Å². The average Bonchev–Trinajstić information content (AvgIpc) is 2.63. The van der Waals surface area contributed by atoms with Gasteiger partial charge in [0.1, 0.15) is 6.54 Å². The predicted molar refractivity (Wildman–Crippen MR) is 89.7 cm³/mol. The molecule has 0 atom stereocenters.